The third-order valence-corrected chi connectivity index (χ3v) is 5.76. The number of aromatic nitrogens is 3. The van der Waals surface area contributed by atoms with Gasteiger partial charge in [0.15, 0.2) is 0 Å². The summed E-state index contributed by atoms with van der Waals surface area (Å²) < 4.78 is 5.80. The number of hydrogen-bond acceptors (Lipinski definition) is 6. The minimum Gasteiger partial charge on any atom is -0.486 e. The molecule has 0 saturated heterocycles. The van der Waals surface area contributed by atoms with Gasteiger partial charge in [0, 0.05) is 16.5 Å². The van der Waals surface area contributed by atoms with Crippen LogP contribution < -0.4 is 4.74 Å². The van der Waals surface area contributed by atoms with Crippen LogP contribution in [0, 0.1) is 6.92 Å². The number of ether oxygens (including phenoxy) is 1. The van der Waals surface area contributed by atoms with E-state index < -0.39 is 0 Å². The number of fused-ring (bicyclic) bond motifs is 1. The lowest BCUT2D eigenvalue weighted by Gasteiger charge is -2.04. The average molecular weight is 380 g/mol. The summed E-state index contributed by atoms with van der Waals surface area (Å²) in [5.41, 5.74) is 3.24. The van der Waals surface area contributed by atoms with Crippen molar-refractivity contribution < 1.29 is 4.74 Å². The number of thioether (sulfide) groups is 1. The van der Waals surface area contributed by atoms with E-state index in [1.807, 2.05) is 42.5 Å². The highest BCUT2D eigenvalue weighted by Crippen LogP contribution is 2.27. The zero-order valence-corrected chi connectivity index (χ0v) is 15.9. The quantitative estimate of drug-likeness (QED) is 0.337. The van der Waals surface area contributed by atoms with Crippen LogP contribution in [0.25, 0.3) is 10.9 Å². The maximum atomic E-state index is 5.80. The van der Waals surface area contributed by atoms with E-state index in [0.29, 0.717) is 6.61 Å². The number of aryl methyl sites for hydroxylation is 1. The summed E-state index contributed by atoms with van der Waals surface area (Å²) in [7, 11) is 0. The van der Waals surface area contributed by atoms with Crippen LogP contribution in [0.3, 0.4) is 0 Å². The minimum absolute atomic E-state index is 0.495. The molecule has 4 nitrogen and oxygen atoms in total. The lowest BCUT2D eigenvalue weighted by atomic mass is 10.2. The SMILES string of the molecule is Cc1ccc(OCc2nc(CSc3ncnc4ccccc34)cs2)cc1. The highest BCUT2D eigenvalue weighted by atomic mass is 32.2. The maximum absolute atomic E-state index is 5.80. The molecule has 0 aliphatic rings. The summed E-state index contributed by atoms with van der Waals surface area (Å²) in [6.45, 7) is 2.56. The van der Waals surface area contributed by atoms with Crippen molar-refractivity contribution in [3.63, 3.8) is 0 Å². The van der Waals surface area contributed by atoms with E-state index in [1.165, 1.54) is 5.56 Å². The van der Waals surface area contributed by atoms with Crippen LogP contribution in [-0.2, 0) is 12.4 Å². The highest BCUT2D eigenvalue weighted by Gasteiger charge is 2.07. The minimum atomic E-state index is 0.495. The molecule has 4 aromatic rings. The van der Waals surface area contributed by atoms with Gasteiger partial charge in [0.2, 0.25) is 0 Å². The van der Waals surface area contributed by atoms with Gasteiger partial charge in [0.05, 0.1) is 11.2 Å². The zero-order chi connectivity index (χ0) is 17.8. The molecule has 0 unspecified atom stereocenters. The molecule has 4 rings (SSSR count). The molecule has 0 bridgehead atoms. The van der Waals surface area contributed by atoms with Gasteiger partial charge in [-0.2, -0.15) is 0 Å². The summed E-state index contributed by atoms with van der Waals surface area (Å²) in [6.07, 6.45) is 1.62. The molecule has 0 saturated carbocycles. The van der Waals surface area contributed by atoms with Crippen LogP contribution in [0.15, 0.2) is 65.3 Å². The Hall–Kier alpha value is -2.44. The van der Waals surface area contributed by atoms with Crippen molar-refractivity contribution in [3.8, 4) is 5.75 Å². The van der Waals surface area contributed by atoms with Gasteiger partial charge in [-0.1, -0.05) is 47.7 Å². The van der Waals surface area contributed by atoms with Crippen LogP contribution in [0.1, 0.15) is 16.3 Å². The molecule has 130 valence electrons. The van der Waals surface area contributed by atoms with Crippen molar-refractivity contribution in [2.45, 2.75) is 24.3 Å². The van der Waals surface area contributed by atoms with Gasteiger partial charge in [-0.05, 0) is 25.1 Å². The fourth-order valence-corrected chi connectivity index (χ4v) is 4.19. The van der Waals surface area contributed by atoms with Crippen LogP contribution in [-0.4, -0.2) is 15.0 Å². The Bertz CT molecular complexity index is 1010. The van der Waals surface area contributed by atoms with Gasteiger partial charge >= 0.3 is 0 Å². The molecule has 0 radical (unpaired) electrons. The molecule has 6 heteroatoms. The van der Waals surface area contributed by atoms with Crippen molar-refractivity contribution in [3.05, 3.63) is 76.5 Å². The summed E-state index contributed by atoms with van der Waals surface area (Å²) in [5, 5.41) is 5.14. The molecule has 2 aromatic carbocycles. The van der Waals surface area contributed by atoms with E-state index in [0.717, 1.165) is 38.1 Å². The largest absolute Gasteiger partial charge is 0.486 e. The predicted octanol–water partition coefficient (Wildman–Crippen LogP) is 5.27. The van der Waals surface area contributed by atoms with Gasteiger partial charge in [0.1, 0.15) is 28.7 Å². The predicted molar refractivity (Wildman–Crippen MR) is 107 cm³/mol. The first-order valence-electron chi connectivity index (χ1n) is 8.23. The third kappa shape index (κ3) is 4.03. The molecule has 2 heterocycles. The molecule has 0 aliphatic heterocycles. The number of para-hydroxylation sites is 1. The average Bonchev–Trinajstić information content (AvgIpc) is 3.14. The molecular formula is C20H17N3OS2. The lowest BCUT2D eigenvalue weighted by molar-refractivity contribution is 0.305. The first-order valence-corrected chi connectivity index (χ1v) is 10.1. The standard InChI is InChI=1S/C20H17N3OS2/c1-14-6-8-16(9-7-14)24-10-19-23-15(11-25-19)12-26-20-17-4-2-3-5-18(17)21-13-22-20/h2-9,11,13H,10,12H2,1H3. The summed E-state index contributed by atoms with van der Waals surface area (Å²) in [5.74, 6) is 1.65. The molecule has 0 atom stereocenters. The molecule has 0 fully saturated rings. The number of thiazole rings is 1. The molecule has 0 amide bonds. The molecule has 0 aliphatic carbocycles. The van der Waals surface area contributed by atoms with E-state index in [9.17, 15) is 0 Å². The van der Waals surface area contributed by atoms with Gasteiger partial charge in [-0.3, -0.25) is 0 Å². The Morgan fingerprint density at radius 2 is 1.88 bits per heavy atom. The fourth-order valence-electron chi connectivity index (χ4n) is 2.50. The van der Waals surface area contributed by atoms with E-state index in [4.69, 9.17) is 4.74 Å². The highest BCUT2D eigenvalue weighted by molar-refractivity contribution is 7.98. The van der Waals surface area contributed by atoms with E-state index in [2.05, 4.69) is 33.3 Å². The second-order valence-corrected chi connectivity index (χ2v) is 7.73. The number of nitrogens with zero attached hydrogens (tertiary/aromatic N) is 3. The topological polar surface area (TPSA) is 47.9 Å². The van der Waals surface area contributed by atoms with Crippen molar-refractivity contribution in [2.24, 2.45) is 0 Å². The van der Waals surface area contributed by atoms with E-state index in [1.54, 1.807) is 29.4 Å². The Morgan fingerprint density at radius 3 is 2.77 bits per heavy atom. The van der Waals surface area contributed by atoms with Gasteiger partial charge in [-0.15, -0.1) is 11.3 Å². The van der Waals surface area contributed by atoms with Gasteiger partial charge in [-0.25, -0.2) is 15.0 Å². The summed E-state index contributed by atoms with van der Waals surface area (Å²) in [6, 6.07) is 16.1. The Kier molecular flexibility index (Phi) is 5.13. The van der Waals surface area contributed by atoms with Crippen molar-refractivity contribution in [1.82, 2.24) is 15.0 Å². The first-order chi connectivity index (χ1) is 12.8. The van der Waals surface area contributed by atoms with Crippen LogP contribution in [0.5, 0.6) is 5.75 Å². The fraction of sp³-hybridized carbons (Fsp3) is 0.150. The summed E-state index contributed by atoms with van der Waals surface area (Å²) >= 11 is 3.31. The lowest BCUT2D eigenvalue weighted by Crippen LogP contribution is -1.95. The summed E-state index contributed by atoms with van der Waals surface area (Å²) in [4.78, 5) is 13.4. The number of hydrogen-bond donors (Lipinski definition) is 0. The molecule has 2 aromatic heterocycles. The maximum Gasteiger partial charge on any atom is 0.140 e. The smallest absolute Gasteiger partial charge is 0.140 e. The number of benzene rings is 2. The van der Waals surface area contributed by atoms with Gasteiger partial charge in [0.25, 0.3) is 0 Å². The molecule has 26 heavy (non-hydrogen) atoms. The third-order valence-electron chi connectivity index (χ3n) is 3.85. The van der Waals surface area contributed by atoms with E-state index >= 15 is 0 Å². The van der Waals surface area contributed by atoms with Crippen LogP contribution >= 0.6 is 23.1 Å². The van der Waals surface area contributed by atoms with E-state index in [-0.39, 0.29) is 0 Å². The normalized spacial score (nSPS) is 11.0. The molecular weight excluding hydrogens is 362 g/mol. The Labute approximate surface area is 160 Å². The first kappa shape index (κ1) is 17.0. The van der Waals surface area contributed by atoms with Crippen molar-refractivity contribution >= 4 is 34.0 Å². The van der Waals surface area contributed by atoms with Crippen molar-refractivity contribution in [1.29, 1.82) is 0 Å². The zero-order valence-electron chi connectivity index (χ0n) is 14.3. The van der Waals surface area contributed by atoms with Gasteiger partial charge < -0.3 is 4.74 Å². The van der Waals surface area contributed by atoms with Crippen molar-refractivity contribution in [2.75, 3.05) is 0 Å². The monoisotopic (exact) mass is 379 g/mol. The van der Waals surface area contributed by atoms with Crippen LogP contribution in [0.4, 0.5) is 0 Å². The number of rotatable bonds is 6. The Morgan fingerprint density at radius 1 is 1.04 bits per heavy atom. The second kappa shape index (κ2) is 7.85. The molecule has 0 N–H and O–H groups in total. The molecule has 0 spiro atoms. The Balaban J connectivity index is 1.38. The van der Waals surface area contributed by atoms with Crippen LogP contribution in [0.2, 0.25) is 0 Å². The second-order valence-electron chi connectivity index (χ2n) is 5.82.